The zero-order chi connectivity index (χ0) is 12.1. The second-order valence-electron chi connectivity index (χ2n) is 3.82. The highest BCUT2D eigenvalue weighted by molar-refractivity contribution is 5.32. The van der Waals surface area contributed by atoms with E-state index in [0.29, 0.717) is 5.69 Å². The van der Waals surface area contributed by atoms with Crippen LogP contribution >= 0.6 is 0 Å². The lowest BCUT2D eigenvalue weighted by Crippen LogP contribution is -2.10. The molecule has 17 heavy (non-hydrogen) atoms. The zero-order valence-electron chi connectivity index (χ0n) is 9.73. The Balaban J connectivity index is 2.18. The molecule has 2 aromatic rings. The van der Waals surface area contributed by atoms with Gasteiger partial charge in [-0.25, -0.2) is 9.07 Å². The highest BCUT2D eigenvalue weighted by Crippen LogP contribution is 2.12. The van der Waals surface area contributed by atoms with Crippen molar-refractivity contribution in [3.05, 3.63) is 42.0 Å². The van der Waals surface area contributed by atoms with Crippen molar-refractivity contribution in [2.24, 2.45) is 0 Å². The SMILES string of the molecule is CNCCCc1cnnn1-c1cccc(F)c1. The molecule has 90 valence electrons. The normalized spacial score (nSPS) is 10.7. The molecule has 0 aliphatic heterocycles. The number of aryl methyl sites for hydroxylation is 1. The topological polar surface area (TPSA) is 42.7 Å². The van der Waals surface area contributed by atoms with Crippen LogP contribution in [0.2, 0.25) is 0 Å². The summed E-state index contributed by atoms with van der Waals surface area (Å²) in [5.41, 5.74) is 1.70. The van der Waals surface area contributed by atoms with Crippen LogP contribution in [-0.4, -0.2) is 28.6 Å². The molecule has 1 aromatic heterocycles. The van der Waals surface area contributed by atoms with E-state index in [0.717, 1.165) is 25.1 Å². The van der Waals surface area contributed by atoms with Gasteiger partial charge in [0, 0.05) is 0 Å². The first kappa shape index (κ1) is 11.7. The Morgan fingerprint density at radius 3 is 3.06 bits per heavy atom. The molecule has 4 nitrogen and oxygen atoms in total. The van der Waals surface area contributed by atoms with Gasteiger partial charge in [-0.15, -0.1) is 5.10 Å². The van der Waals surface area contributed by atoms with Gasteiger partial charge in [-0.1, -0.05) is 11.3 Å². The van der Waals surface area contributed by atoms with Crippen molar-refractivity contribution in [1.82, 2.24) is 20.3 Å². The maximum Gasteiger partial charge on any atom is 0.125 e. The Morgan fingerprint density at radius 2 is 2.29 bits per heavy atom. The van der Waals surface area contributed by atoms with E-state index in [1.165, 1.54) is 12.1 Å². The van der Waals surface area contributed by atoms with E-state index in [4.69, 9.17) is 0 Å². The summed E-state index contributed by atoms with van der Waals surface area (Å²) >= 11 is 0. The molecule has 0 fully saturated rings. The van der Waals surface area contributed by atoms with Crippen molar-refractivity contribution in [1.29, 1.82) is 0 Å². The van der Waals surface area contributed by atoms with Crippen molar-refractivity contribution in [2.45, 2.75) is 12.8 Å². The minimum Gasteiger partial charge on any atom is -0.320 e. The third-order valence-corrected chi connectivity index (χ3v) is 2.53. The van der Waals surface area contributed by atoms with E-state index in [1.54, 1.807) is 16.9 Å². The fourth-order valence-electron chi connectivity index (χ4n) is 1.70. The lowest BCUT2D eigenvalue weighted by atomic mass is 10.2. The molecule has 0 saturated carbocycles. The van der Waals surface area contributed by atoms with E-state index in [1.807, 2.05) is 13.1 Å². The summed E-state index contributed by atoms with van der Waals surface area (Å²) in [6.07, 6.45) is 3.59. The summed E-state index contributed by atoms with van der Waals surface area (Å²) in [7, 11) is 1.92. The Bertz CT molecular complexity index is 481. The first-order valence-electron chi connectivity index (χ1n) is 5.61. The highest BCUT2D eigenvalue weighted by Gasteiger charge is 2.06. The van der Waals surface area contributed by atoms with Crippen molar-refractivity contribution < 1.29 is 4.39 Å². The standard InChI is InChI=1S/C12H15FN4/c1-14-7-3-6-12-9-15-16-17(12)11-5-2-4-10(13)8-11/h2,4-5,8-9,14H,3,6-7H2,1H3. The molecule has 0 saturated heterocycles. The van der Waals surface area contributed by atoms with Crippen molar-refractivity contribution in [3.63, 3.8) is 0 Å². The zero-order valence-corrected chi connectivity index (χ0v) is 9.73. The molecule has 5 heteroatoms. The van der Waals surface area contributed by atoms with E-state index in [-0.39, 0.29) is 5.82 Å². The van der Waals surface area contributed by atoms with E-state index in [9.17, 15) is 4.39 Å². The number of hydrogen-bond donors (Lipinski definition) is 1. The molecule has 0 bridgehead atoms. The number of aromatic nitrogens is 3. The van der Waals surface area contributed by atoms with Gasteiger partial charge >= 0.3 is 0 Å². The van der Waals surface area contributed by atoms with Crippen LogP contribution < -0.4 is 5.32 Å². The molecule has 0 spiro atoms. The van der Waals surface area contributed by atoms with Crippen LogP contribution in [0.25, 0.3) is 5.69 Å². The first-order valence-corrected chi connectivity index (χ1v) is 5.61. The number of halogens is 1. The molecule has 0 aliphatic rings. The number of rotatable bonds is 5. The number of nitrogens with zero attached hydrogens (tertiary/aromatic N) is 3. The largest absolute Gasteiger partial charge is 0.320 e. The van der Waals surface area contributed by atoms with E-state index in [2.05, 4.69) is 15.6 Å². The highest BCUT2D eigenvalue weighted by atomic mass is 19.1. The molecular formula is C12H15FN4. The molecule has 0 radical (unpaired) electrons. The summed E-state index contributed by atoms with van der Waals surface area (Å²) in [4.78, 5) is 0. The second kappa shape index (κ2) is 5.54. The fourth-order valence-corrected chi connectivity index (χ4v) is 1.70. The second-order valence-corrected chi connectivity index (χ2v) is 3.82. The van der Waals surface area contributed by atoms with Gasteiger partial charge in [0.15, 0.2) is 0 Å². The average molecular weight is 234 g/mol. The number of benzene rings is 1. The predicted molar refractivity (Wildman–Crippen MR) is 63.6 cm³/mol. The Kier molecular flexibility index (Phi) is 3.82. The molecular weight excluding hydrogens is 219 g/mol. The van der Waals surface area contributed by atoms with Crippen LogP contribution in [0.3, 0.4) is 0 Å². The Hall–Kier alpha value is -1.75. The average Bonchev–Trinajstić information content (AvgIpc) is 2.78. The van der Waals surface area contributed by atoms with Crippen molar-refractivity contribution in [3.8, 4) is 5.69 Å². The molecule has 1 aromatic carbocycles. The lowest BCUT2D eigenvalue weighted by Gasteiger charge is -2.05. The third-order valence-electron chi connectivity index (χ3n) is 2.53. The summed E-state index contributed by atoms with van der Waals surface area (Å²) in [6, 6.07) is 6.36. The van der Waals surface area contributed by atoms with Crippen LogP contribution in [-0.2, 0) is 6.42 Å². The van der Waals surface area contributed by atoms with Gasteiger partial charge in [0.1, 0.15) is 5.82 Å². The maximum absolute atomic E-state index is 13.1. The summed E-state index contributed by atoms with van der Waals surface area (Å²) in [5, 5.41) is 11.0. The molecule has 0 atom stereocenters. The van der Waals surface area contributed by atoms with Gasteiger partial charge < -0.3 is 5.32 Å². The van der Waals surface area contributed by atoms with Crippen molar-refractivity contribution in [2.75, 3.05) is 13.6 Å². The smallest absolute Gasteiger partial charge is 0.125 e. The Morgan fingerprint density at radius 1 is 1.41 bits per heavy atom. The van der Waals surface area contributed by atoms with Crippen LogP contribution in [0.5, 0.6) is 0 Å². The van der Waals surface area contributed by atoms with Gasteiger partial charge in [-0.05, 0) is 44.6 Å². The summed E-state index contributed by atoms with van der Waals surface area (Å²) in [5.74, 6) is -0.265. The van der Waals surface area contributed by atoms with Crippen LogP contribution in [0, 0.1) is 5.82 Å². The monoisotopic (exact) mass is 234 g/mol. The lowest BCUT2D eigenvalue weighted by molar-refractivity contribution is 0.623. The van der Waals surface area contributed by atoms with Crippen molar-refractivity contribution >= 4 is 0 Å². The van der Waals surface area contributed by atoms with Crippen LogP contribution in [0.1, 0.15) is 12.1 Å². The Labute approximate surface area is 99.5 Å². The van der Waals surface area contributed by atoms with Gasteiger partial charge in [0.25, 0.3) is 0 Å². The predicted octanol–water partition coefficient (Wildman–Crippen LogP) is 1.56. The number of hydrogen-bond acceptors (Lipinski definition) is 3. The number of nitrogens with one attached hydrogen (secondary N) is 1. The summed E-state index contributed by atoms with van der Waals surface area (Å²) in [6.45, 7) is 0.939. The molecule has 2 rings (SSSR count). The van der Waals surface area contributed by atoms with E-state index >= 15 is 0 Å². The molecule has 0 unspecified atom stereocenters. The van der Waals surface area contributed by atoms with Gasteiger partial charge in [0.2, 0.25) is 0 Å². The molecule has 0 aliphatic carbocycles. The maximum atomic E-state index is 13.1. The van der Waals surface area contributed by atoms with Gasteiger partial charge in [-0.3, -0.25) is 0 Å². The van der Waals surface area contributed by atoms with Crippen LogP contribution in [0.4, 0.5) is 4.39 Å². The minimum absolute atomic E-state index is 0.265. The molecule has 1 N–H and O–H groups in total. The van der Waals surface area contributed by atoms with Crippen LogP contribution in [0.15, 0.2) is 30.5 Å². The molecule has 0 amide bonds. The fraction of sp³-hybridized carbons (Fsp3) is 0.333. The van der Waals surface area contributed by atoms with E-state index < -0.39 is 0 Å². The summed E-state index contributed by atoms with van der Waals surface area (Å²) < 4.78 is 14.8. The third kappa shape index (κ3) is 2.88. The first-order chi connectivity index (χ1) is 8.31. The quantitative estimate of drug-likeness (QED) is 0.798. The van der Waals surface area contributed by atoms with Gasteiger partial charge in [0.05, 0.1) is 17.6 Å². The molecule has 1 heterocycles. The minimum atomic E-state index is -0.265. The van der Waals surface area contributed by atoms with Gasteiger partial charge in [-0.2, -0.15) is 0 Å².